The van der Waals surface area contributed by atoms with Crippen molar-refractivity contribution in [3.8, 4) is 0 Å². The number of halogens is 1. The fourth-order valence-corrected chi connectivity index (χ4v) is 0.818. The van der Waals surface area contributed by atoms with Crippen LogP contribution in [-0.4, -0.2) is 32.5 Å². The molecule has 0 spiro atoms. The molecule has 0 aliphatic rings. The van der Waals surface area contributed by atoms with Crippen LogP contribution in [0.25, 0.3) is 0 Å². The first kappa shape index (κ1) is 9.32. The van der Waals surface area contributed by atoms with E-state index in [2.05, 4.69) is 4.18 Å². The first-order valence-corrected chi connectivity index (χ1v) is 3.72. The number of aliphatic hydroxyl groups is 1. The lowest BCUT2D eigenvalue weighted by molar-refractivity contribution is 0.135. The zero-order chi connectivity index (χ0) is 7.28. The van der Waals surface area contributed by atoms with E-state index in [-0.39, 0.29) is 12.5 Å². The van der Waals surface area contributed by atoms with Gasteiger partial charge >= 0.3 is 11.4 Å². The van der Waals surface area contributed by atoms with Crippen molar-refractivity contribution in [3.05, 3.63) is 0 Å². The predicted molar refractivity (Wildman–Crippen MR) is 33.5 cm³/mol. The molecule has 4 nitrogen and oxygen atoms in total. The maximum atomic E-state index is 9.85. The third kappa shape index (κ3) is 4.80. The molecule has 0 aliphatic carbocycles. The number of hydrogen-bond acceptors (Lipinski definition) is 3. The van der Waals surface area contributed by atoms with Crippen molar-refractivity contribution in [2.45, 2.75) is 6.10 Å². The van der Waals surface area contributed by atoms with E-state index in [0.717, 1.165) is 0 Å². The molecule has 0 aromatic heterocycles. The molecule has 0 amide bonds. The van der Waals surface area contributed by atoms with Gasteiger partial charge in [-0.05, 0) is 0 Å². The lowest BCUT2D eigenvalue weighted by Gasteiger charge is -2.05. The predicted octanol–water partition coefficient (Wildman–Crippen LogP) is -0.261. The maximum absolute atomic E-state index is 9.85. The van der Waals surface area contributed by atoms with Crippen LogP contribution in [0.3, 0.4) is 0 Å². The zero-order valence-electron chi connectivity index (χ0n) is 4.49. The minimum Gasteiger partial charge on any atom is -0.394 e. The van der Waals surface area contributed by atoms with Gasteiger partial charge < -0.3 is 5.11 Å². The van der Waals surface area contributed by atoms with Crippen LogP contribution < -0.4 is 0 Å². The molecule has 6 heteroatoms. The Kier molecular flexibility index (Phi) is 5.31. The van der Waals surface area contributed by atoms with Gasteiger partial charge in [0.05, 0.1) is 12.5 Å². The van der Waals surface area contributed by atoms with Crippen molar-refractivity contribution in [2.24, 2.45) is 0 Å². The van der Waals surface area contributed by atoms with E-state index in [1.165, 1.54) is 0 Å². The van der Waals surface area contributed by atoms with Crippen molar-refractivity contribution >= 4 is 23.0 Å². The van der Waals surface area contributed by atoms with Crippen LogP contribution in [0.15, 0.2) is 0 Å². The summed E-state index contributed by atoms with van der Waals surface area (Å²) in [5.74, 6) is 0.00278. The summed E-state index contributed by atoms with van der Waals surface area (Å²) in [5, 5.41) is 8.32. The van der Waals surface area contributed by atoms with Gasteiger partial charge in [-0.3, -0.25) is 8.74 Å². The summed E-state index contributed by atoms with van der Waals surface area (Å²) >= 11 is 2.84. The monoisotopic (exact) mass is 174 g/mol. The van der Waals surface area contributed by atoms with Crippen molar-refractivity contribution in [2.75, 3.05) is 12.5 Å². The van der Waals surface area contributed by atoms with Crippen LogP contribution in [0.5, 0.6) is 0 Å². The highest BCUT2D eigenvalue weighted by Gasteiger charge is 2.08. The Morgan fingerprint density at radius 2 is 2.33 bits per heavy atom. The first-order chi connectivity index (χ1) is 4.20. The number of rotatable bonds is 4. The zero-order valence-corrected chi connectivity index (χ0v) is 6.06. The summed E-state index contributed by atoms with van der Waals surface area (Å²) in [6.45, 7) is -0.351. The molecule has 2 N–H and O–H groups in total. The van der Waals surface area contributed by atoms with Crippen LogP contribution in [0.1, 0.15) is 0 Å². The molecule has 0 saturated carbocycles. The van der Waals surface area contributed by atoms with Gasteiger partial charge in [0.2, 0.25) is 0 Å². The highest BCUT2D eigenvalue weighted by atomic mass is 35.5. The first-order valence-electron chi connectivity index (χ1n) is 2.15. The van der Waals surface area contributed by atoms with Crippen molar-refractivity contribution in [1.29, 1.82) is 0 Å². The Labute approximate surface area is 60.3 Å². The van der Waals surface area contributed by atoms with Crippen LogP contribution in [-0.2, 0) is 15.5 Å². The van der Waals surface area contributed by atoms with E-state index in [9.17, 15) is 4.21 Å². The van der Waals surface area contributed by atoms with Gasteiger partial charge in [-0.25, -0.2) is 0 Å². The van der Waals surface area contributed by atoms with E-state index >= 15 is 0 Å². The second-order valence-electron chi connectivity index (χ2n) is 1.27. The topological polar surface area (TPSA) is 66.8 Å². The van der Waals surface area contributed by atoms with E-state index in [1.54, 1.807) is 0 Å². The summed E-state index contributed by atoms with van der Waals surface area (Å²) in [4.78, 5) is 0. The standard InChI is InChI=1S/C3H7ClO4S/c4-1-3(2-5)8-9(6)7/h3,5H,1-2H2,(H,6,7). The minimum atomic E-state index is -2.34. The molecule has 0 bridgehead atoms. The van der Waals surface area contributed by atoms with E-state index in [4.69, 9.17) is 21.3 Å². The van der Waals surface area contributed by atoms with Gasteiger partial charge in [-0.1, -0.05) is 0 Å². The molecule has 0 radical (unpaired) electrons. The van der Waals surface area contributed by atoms with Crippen molar-refractivity contribution in [3.63, 3.8) is 0 Å². The van der Waals surface area contributed by atoms with Crippen molar-refractivity contribution in [1.82, 2.24) is 0 Å². The molecule has 0 rings (SSSR count). The molecule has 9 heavy (non-hydrogen) atoms. The molecule has 0 fully saturated rings. The summed E-state index contributed by atoms with van der Waals surface area (Å²) < 4.78 is 22.1. The summed E-state index contributed by atoms with van der Waals surface area (Å²) in [6.07, 6.45) is -0.752. The number of aliphatic hydroxyl groups excluding tert-OH is 1. The Hall–Kier alpha value is 0.320. The van der Waals surface area contributed by atoms with Crippen molar-refractivity contribution < 1.29 is 18.1 Å². The maximum Gasteiger partial charge on any atom is 0.302 e. The molecule has 0 aromatic carbocycles. The Bertz CT molecular complexity index is 93.8. The van der Waals surface area contributed by atoms with Gasteiger partial charge in [0.25, 0.3) is 0 Å². The second kappa shape index (κ2) is 5.13. The average molecular weight is 175 g/mol. The minimum absolute atomic E-state index is 0.00278. The van der Waals surface area contributed by atoms with Gasteiger partial charge in [-0.15, -0.1) is 11.6 Å². The smallest absolute Gasteiger partial charge is 0.302 e. The van der Waals surface area contributed by atoms with Crippen LogP contribution in [0, 0.1) is 0 Å². The number of alkyl halides is 1. The third-order valence-corrected chi connectivity index (χ3v) is 1.38. The van der Waals surface area contributed by atoms with E-state index < -0.39 is 17.5 Å². The SMILES string of the molecule is O=S(O)OC(CO)CCl. The molecule has 0 heterocycles. The highest BCUT2D eigenvalue weighted by Crippen LogP contribution is 1.95. The van der Waals surface area contributed by atoms with Crippen LogP contribution >= 0.6 is 11.6 Å². The fraction of sp³-hybridized carbons (Fsp3) is 1.00. The molecule has 0 aliphatic heterocycles. The van der Waals surface area contributed by atoms with E-state index in [0.29, 0.717) is 0 Å². The van der Waals surface area contributed by atoms with E-state index in [1.807, 2.05) is 0 Å². The Morgan fingerprint density at radius 3 is 2.44 bits per heavy atom. The second-order valence-corrected chi connectivity index (χ2v) is 2.21. The fourth-order valence-electron chi connectivity index (χ4n) is 0.221. The molecule has 2 atom stereocenters. The normalized spacial score (nSPS) is 17.2. The quantitative estimate of drug-likeness (QED) is 0.455. The molecular formula is C3H7ClO4S. The van der Waals surface area contributed by atoms with Gasteiger partial charge in [0.15, 0.2) is 0 Å². The Morgan fingerprint density at radius 1 is 1.78 bits per heavy atom. The number of hydrogen-bond donors (Lipinski definition) is 2. The summed E-state index contributed by atoms with van der Waals surface area (Å²) in [6, 6.07) is 0. The summed E-state index contributed by atoms with van der Waals surface area (Å²) in [5.41, 5.74) is 0. The van der Waals surface area contributed by atoms with Crippen LogP contribution in [0.2, 0.25) is 0 Å². The molecular weight excluding hydrogens is 168 g/mol. The molecule has 2 unspecified atom stereocenters. The van der Waals surface area contributed by atoms with Gasteiger partial charge in [0, 0.05) is 0 Å². The molecule has 56 valence electrons. The largest absolute Gasteiger partial charge is 0.394 e. The Balaban J connectivity index is 3.43. The third-order valence-electron chi connectivity index (χ3n) is 0.594. The lowest BCUT2D eigenvalue weighted by atomic mass is 10.4. The van der Waals surface area contributed by atoms with Crippen LogP contribution in [0.4, 0.5) is 0 Å². The molecule has 0 aromatic rings. The average Bonchev–Trinajstić information content (AvgIpc) is 1.82. The molecule has 0 saturated heterocycles. The summed E-state index contributed by atoms with van der Waals surface area (Å²) in [7, 11) is 0. The highest BCUT2D eigenvalue weighted by molar-refractivity contribution is 7.74. The van der Waals surface area contributed by atoms with Gasteiger partial charge in [-0.2, -0.15) is 4.21 Å². The lowest BCUT2D eigenvalue weighted by Crippen LogP contribution is -2.20. The van der Waals surface area contributed by atoms with Gasteiger partial charge in [0.1, 0.15) is 6.10 Å².